The lowest BCUT2D eigenvalue weighted by Gasteiger charge is -2.30. The van der Waals surface area contributed by atoms with Gasteiger partial charge in [-0.05, 0) is 32.3 Å². The third-order valence-corrected chi connectivity index (χ3v) is 3.72. The summed E-state index contributed by atoms with van der Waals surface area (Å²) in [5.41, 5.74) is 0.838. The number of aryl methyl sites for hydroxylation is 1. The molecule has 0 aromatic carbocycles. The van der Waals surface area contributed by atoms with Gasteiger partial charge in [-0.25, -0.2) is 0 Å². The summed E-state index contributed by atoms with van der Waals surface area (Å²) in [5.74, 6) is 0.992. The van der Waals surface area contributed by atoms with Gasteiger partial charge in [0.15, 0.2) is 0 Å². The highest BCUT2D eigenvalue weighted by atomic mass is 16.5. The van der Waals surface area contributed by atoms with Crippen LogP contribution in [0.4, 0.5) is 0 Å². The second kappa shape index (κ2) is 4.76. The van der Waals surface area contributed by atoms with Crippen molar-refractivity contribution in [2.75, 3.05) is 6.61 Å². The average Bonchev–Trinajstić information content (AvgIpc) is 3.06. The summed E-state index contributed by atoms with van der Waals surface area (Å²) in [4.78, 5) is 4.45. The van der Waals surface area contributed by atoms with Gasteiger partial charge < -0.3 is 13.8 Å². The van der Waals surface area contributed by atoms with E-state index in [2.05, 4.69) is 16.2 Å². The first kappa shape index (κ1) is 12.9. The molecule has 1 unspecified atom stereocenters. The van der Waals surface area contributed by atoms with Crippen molar-refractivity contribution in [3.05, 3.63) is 23.7 Å². The quantitative estimate of drug-likeness (QED) is 0.838. The van der Waals surface area contributed by atoms with E-state index < -0.39 is 5.60 Å². The molecule has 0 radical (unpaired) electrons. The van der Waals surface area contributed by atoms with Crippen LogP contribution >= 0.6 is 0 Å². The molecule has 3 heterocycles. The van der Waals surface area contributed by atoms with Gasteiger partial charge in [0.25, 0.3) is 5.89 Å². The molecule has 0 amide bonds. The molecule has 1 aliphatic heterocycles. The van der Waals surface area contributed by atoms with Gasteiger partial charge in [0.1, 0.15) is 17.4 Å². The molecule has 2 aromatic heterocycles. The number of ether oxygens (including phenoxy) is 1. The predicted molar refractivity (Wildman–Crippen MR) is 70.6 cm³/mol. The van der Waals surface area contributed by atoms with Crippen molar-refractivity contribution in [1.29, 1.82) is 5.26 Å². The summed E-state index contributed by atoms with van der Waals surface area (Å²) in [6, 6.07) is 3.84. The first-order valence-corrected chi connectivity index (χ1v) is 6.67. The lowest BCUT2D eigenvalue weighted by molar-refractivity contribution is -0.0770. The van der Waals surface area contributed by atoms with Gasteiger partial charge in [-0.2, -0.15) is 10.2 Å². The maximum Gasteiger partial charge on any atom is 0.274 e. The standard InChI is InChI=1S/C14H16N4O2/c1-14(5-3-4-6-19-14)13-16-12(20-17-13)11-7-10(8-15)9-18(11)2/h7,9H,3-6H2,1-2H3. The highest BCUT2D eigenvalue weighted by Gasteiger charge is 2.35. The monoisotopic (exact) mass is 272 g/mol. The zero-order valence-electron chi connectivity index (χ0n) is 11.6. The molecule has 0 saturated carbocycles. The Hall–Kier alpha value is -2.13. The van der Waals surface area contributed by atoms with Gasteiger partial charge in [-0.15, -0.1) is 0 Å². The van der Waals surface area contributed by atoms with Crippen LogP contribution in [-0.4, -0.2) is 21.3 Å². The van der Waals surface area contributed by atoms with Crippen LogP contribution in [0.15, 0.2) is 16.8 Å². The van der Waals surface area contributed by atoms with Crippen molar-refractivity contribution >= 4 is 0 Å². The zero-order valence-corrected chi connectivity index (χ0v) is 11.6. The molecule has 0 spiro atoms. The second-order valence-electron chi connectivity index (χ2n) is 5.30. The van der Waals surface area contributed by atoms with Crippen molar-refractivity contribution in [2.24, 2.45) is 7.05 Å². The fourth-order valence-electron chi connectivity index (χ4n) is 2.49. The van der Waals surface area contributed by atoms with Crippen molar-refractivity contribution < 1.29 is 9.26 Å². The normalized spacial score (nSPS) is 22.6. The number of nitrogens with zero attached hydrogens (tertiary/aromatic N) is 4. The Bertz CT molecular complexity index is 659. The highest BCUT2D eigenvalue weighted by Crippen LogP contribution is 2.33. The average molecular weight is 272 g/mol. The van der Waals surface area contributed by atoms with Gasteiger partial charge in [0, 0.05) is 19.9 Å². The molecule has 1 atom stereocenters. The number of hydrogen-bond acceptors (Lipinski definition) is 5. The Morgan fingerprint density at radius 1 is 1.45 bits per heavy atom. The van der Waals surface area contributed by atoms with E-state index in [9.17, 15) is 0 Å². The van der Waals surface area contributed by atoms with Gasteiger partial charge in [0.05, 0.1) is 5.56 Å². The summed E-state index contributed by atoms with van der Waals surface area (Å²) in [6.45, 7) is 2.72. The lowest BCUT2D eigenvalue weighted by Crippen LogP contribution is -2.31. The number of rotatable bonds is 2. The molecule has 1 fully saturated rings. The smallest absolute Gasteiger partial charge is 0.274 e. The summed E-state index contributed by atoms with van der Waals surface area (Å²) in [5, 5.41) is 13.0. The van der Waals surface area contributed by atoms with E-state index in [0.29, 0.717) is 17.3 Å². The lowest BCUT2D eigenvalue weighted by atomic mass is 9.95. The molecule has 20 heavy (non-hydrogen) atoms. The van der Waals surface area contributed by atoms with Crippen LogP contribution in [0.1, 0.15) is 37.6 Å². The van der Waals surface area contributed by atoms with Gasteiger partial charge in [-0.1, -0.05) is 5.16 Å². The zero-order chi connectivity index (χ0) is 14.2. The van der Waals surface area contributed by atoms with Crippen molar-refractivity contribution in [1.82, 2.24) is 14.7 Å². The molecule has 0 N–H and O–H groups in total. The van der Waals surface area contributed by atoms with Gasteiger partial charge >= 0.3 is 0 Å². The number of hydrogen-bond donors (Lipinski definition) is 0. The summed E-state index contributed by atoms with van der Waals surface area (Å²) in [6.07, 6.45) is 4.80. The molecule has 1 aliphatic rings. The van der Waals surface area contributed by atoms with E-state index in [-0.39, 0.29) is 0 Å². The Morgan fingerprint density at radius 2 is 2.30 bits per heavy atom. The molecule has 6 heteroatoms. The van der Waals surface area contributed by atoms with Crippen LogP contribution in [0.2, 0.25) is 0 Å². The fourth-order valence-corrected chi connectivity index (χ4v) is 2.49. The van der Waals surface area contributed by atoms with Gasteiger partial charge in [-0.3, -0.25) is 0 Å². The highest BCUT2D eigenvalue weighted by molar-refractivity contribution is 5.52. The molecule has 1 saturated heterocycles. The first-order chi connectivity index (χ1) is 9.62. The van der Waals surface area contributed by atoms with Crippen LogP contribution in [0, 0.1) is 11.3 Å². The molecule has 0 aliphatic carbocycles. The second-order valence-corrected chi connectivity index (χ2v) is 5.30. The first-order valence-electron chi connectivity index (χ1n) is 6.67. The van der Waals surface area contributed by atoms with Crippen molar-refractivity contribution in [3.63, 3.8) is 0 Å². The Morgan fingerprint density at radius 3 is 2.95 bits per heavy atom. The van der Waals surface area contributed by atoms with E-state index in [0.717, 1.165) is 31.6 Å². The molecule has 104 valence electrons. The Balaban J connectivity index is 1.93. The largest absolute Gasteiger partial charge is 0.367 e. The SMILES string of the molecule is Cn1cc(C#N)cc1-c1nc(C2(C)CCCCO2)no1. The van der Waals surface area contributed by atoms with E-state index in [1.807, 2.05) is 14.0 Å². The molecular formula is C14H16N4O2. The predicted octanol–water partition coefficient (Wildman–Crippen LogP) is 2.36. The summed E-state index contributed by atoms with van der Waals surface area (Å²) < 4.78 is 13.0. The number of aromatic nitrogens is 3. The maximum absolute atomic E-state index is 8.92. The van der Waals surface area contributed by atoms with Crippen molar-refractivity contribution in [3.8, 4) is 17.7 Å². The fraction of sp³-hybridized carbons (Fsp3) is 0.500. The van der Waals surface area contributed by atoms with E-state index in [4.69, 9.17) is 14.5 Å². The van der Waals surface area contributed by atoms with E-state index in [1.165, 1.54) is 0 Å². The van der Waals surface area contributed by atoms with Crippen molar-refractivity contribution in [2.45, 2.75) is 31.8 Å². The third kappa shape index (κ3) is 2.10. The minimum atomic E-state index is -0.469. The van der Waals surface area contributed by atoms with Crippen LogP contribution in [0.3, 0.4) is 0 Å². The Kier molecular flexibility index (Phi) is 3.07. The maximum atomic E-state index is 8.92. The molecule has 2 aromatic rings. The van der Waals surface area contributed by atoms with Crippen LogP contribution < -0.4 is 0 Å². The van der Waals surface area contributed by atoms with E-state index in [1.54, 1.807) is 16.8 Å². The van der Waals surface area contributed by atoms with Crippen LogP contribution in [-0.2, 0) is 17.4 Å². The summed E-state index contributed by atoms with van der Waals surface area (Å²) in [7, 11) is 1.85. The van der Waals surface area contributed by atoms with Crippen LogP contribution in [0.5, 0.6) is 0 Å². The molecule has 3 rings (SSSR count). The Labute approximate surface area is 117 Å². The number of nitriles is 1. The third-order valence-electron chi connectivity index (χ3n) is 3.72. The minimum Gasteiger partial charge on any atom is -0.367 e. The topological polar surface area (TPSA) is 76.9 Å². The van der Waals surface area contributed by atoms with E-state index >= 15 is 0 Å². The molecule has 0 bridgehead atoms. The minimum absolute atomic E-state index is 0.416. The van der Waals surface area contributed by atoms with Crippen LogP contribution in [0.25, 0.3) is 11.6 Å². The summed E-state index contributed by atoms with van der Waals surface area (Å²) >= 11 is 0. The van der Waals surface area contributed by atoms with Gasteiger partial charge in [0.2, 0.25) is 5.82 Å². The molecule has 6 nitrogen and oxygen atoms in total. The molecular weight excluding hydrogens is 256 g/mol.